The molecule has 0 spiro atoms. The summed E-state index contributed by atoms with van der Waals surface area (Å²) in [7, 11) is 3.78. The number of carbonyl (C=O) groups is 3. The first-order valence-electron chi connectivity index (χ1n) is 9.88. The first-order valence-corrected chi connectivity index (χ1v) is 10.7. The molecule has 1 aromatic heterocycles. The standard InChI is InChI=1S/C22H22BrFN6O3/c1-30(2)10-9-25-21(32)18-19(27-12-26-18)22(33)29-15-6-4-14(5-7-15)28-20(31)16-8-3-13(24)11-17(16)23/h3-8,11-12H,9-10H2,1-2H3,(H,25,32)(H,26,27)(H,28,31)(H,29,33). The average Bonchev–Trinajstić information content (AvgIpc) is 3.25. The summed E-state index contributed by atoms with van der Waals surface area (Å²) in [5, 5.41) is 8.10. The maximum atomic E-state index is 13.2. The second-order valence-electron chi connectivity index (χ2n) is 7.30. The predicted octanol–water partition coefficient (Wildman–Crippen LogP) is 3.11. The first kappa shape index (κ1) is 24.1. The molecule has 33 heavy (non-hydrogen) atoms. The molecule has 0 unspecified atom stereocenters. The molecule has 3 aromatic rings. The number of nitrogens with zero attached hydrogens (tertiary/aromatic N) is 2. The van der Waals surface area contributed by atoms with Gasteiger partial charge in [-0.05, 0) is 72.5 Å². The number of anilines is 2. The molecule has 1 heterocycles. The highest BCUT2D eigenvalue weighted by atomic mass is 79.9. The smallest absolute Gasteiger partial charge is 0.276 e. The average molecular weight is 517 g/mol. The summed E-state index contributed by atoms with van der Waals surface area (Å²) in [5.74, 6) is -1.85. The fourth-order valence-electron chi connectivity index (χ4n) is 2.82. The van der Waals surface area contributed by atoms with E-state index in [0.717, 1.165) is 0 Å². The van der Waals surface area contributed by atoms with Crippen LogP contribution in [0.2, 0.25) is 0 Å². The Morgan fingerprint density at radius 1 is 1.00 bits per heavy atom. The molecule has 9 nitrogen and oxygen atoms in total. The lowest BCUT2D eigenvalue weighted by atomic mass is 10.2. The Balaban J connectivity index is 1.61. The largest absolute Gasteiger partial charge is 0.349 e. The van der Waals surface area contributed by atoms with Crippen LogP contribution < -0.4 is 16.0 Å². The Kier molecular flexibility index (Phi) is 7.91. The molecule has 4 N–H and O–H groups in total. The lowest BCUT2D eigenvalue weighted by Crippen LogP contribution is -2.32. The molecule has 3 amide bonds. The van der Waals surface area contributed by atoms with E-state index in [9.17, 15) is 18.8 Å². The van der Waals surface area contributed by atoms with Crippen LogP contribution in [0.5, 0.6) is 0 Å². The van der Waals surface area contributed by atoms with E-state index in [1.807, 2.05) is 19.0 Å². The number of imidazole rings is 1. The number of carbonyl (C=O) groups excluding carboxylic acids is 3. The maximum Gasteiger partial charge on any atom is 0.276 e. The predicted molar refractivity (Wildman–Crippen MR) is 126 cm³/mol. The zero-order valence-electron chi connectivity index (χ0n) is 17.9. The van der Waals surface area contributed by atoms with E-state index in [2.05, 4.69) is 41.8 Å². The minimum atomic E-state index is -0.555. The van der Waals surface area contributed by atoms with Crippen LogP contribution >= 0.6 is 15.9 Å². The van der Waals surface area contributed by atoms with Gasteiger partial charge in [-0.25, -0.2) is 9.37 Å². The van der Waals surface area contributed by atoms with Crippen molar-refractivity contribution >= 4 is 45.0 Å². The molecule has 0 radical (unpaired) electrons. The molecule has 172 valence electrons. The Morgan fingerprint density at radius 2 is 1.64 bits per heavy atom. The van der Waals surface area contributed by atoms with Gasteiger partial charge in [-0.2, -0.15) is 0 Å². The number of halogens is 2. The Morgan fingerprint density at radius 3 is 2.24 bits per heavy atom. The van der Waals surface area contributed by atoms with Gasteiger partial charge in [-0.3, -0.25) is 14.4 Å². The van der Waals surface area contributed by atoms with E-state index in [4.69, 9.17) is 0 Å². The van der Waals surface area contributed by atoms with Crippen LogP contribution in [-0.2, 0) is 0 Å². The van der Waals surface area contributed by atoms with Gasteiger partial charge < -0.3 is 25.8 Å². The third-order valence-electron chi connectivity index (χ3n) is 4.50. The molecule has 0 fully saturated rings. The summed E-state index contributed by atoms with van der Waals surface area (Å²) in [4.78, 5) is 45.9. The summed E-state index contributed by atoms with van der Waals surface area (Å²) in [6.07, 6.45) is 1.28. The Bertz CT molecular complexity index is 1160. The van der Waals surface area contributed by atoms with E-state index < -0.39 is 23.5 Å². The number of hydrogen-bond acceptors (Lipinski definition) is 5. The number of H-pyrrole nitrogens is 1. The van der Waals surface area contributed by atoms with Gasteiger partial charge in [0.15, 0.2) is 5.69 Å². The zero-order chi connectivity index (χ0) is 24.0. The van der Waals surface area contributed by atoms with Gasteiger partial charge in [0.05, 0.1) is 11.9 Å². The van der Waals surface area contributed by atoms with E-state index in [0.29, 0.717) is 28.9 Å². The molecule has 0 aliphatic rings. The zero-order valence-corrected chi connectivity index (χ0v) is 19.5. The molecule has 3 rings (SSSR count). The van der Waals surface area contributed by atoms with Crippen LogP contribution in [0.15, 0.2) is 53.3 Å². The van der Waals surface area contributed by atoms with Gasteiger partial charge >= 0.3 is 0 Å². The first-order chi connectivity index (χ1) is 15.7. The third kappa shape index (κ3) is 6.46. The lowest BCUT2D eigenvalue weighted by Gasteiger charge is -2.11. The van der Waals surface area contributed by atoms with Crippen molar-refractivity contribution in [3.63, 3.8) is 0 Å². The normalized spacial score (nSPS) is 10.7. The topological polar surface area (TPSA) is 119 Å². The Hall–Kier alpha value is -3.57. The number of aromatic nitrogens is 2. The van der Waals surface area contributed by atoms with Crippen LogP contribution in [0.25, 0.3) is 0 Å². The molecule has 2 aromatic carbocycles. The van der Waals surface area contributed by atoms with Crippen LogP contribution in [0.3, 0.4) is 0 Å². The van der Waals surface area contributed by atoms with E-state index in [1.54, 1.807) is 24.3 Å². The number of nitrogens with one attached hydrogen (secondary N) is 4. The van der Waals surface area contributed by atoms with Gasteiger partial charge in [0.25, 0.3) is 17.7 Å². The van der Waals surface area contributed by atoms with Crippen LogP contribution in [-0.4, -0.2) is 59.8 Å². The highest BCUT2D eigenvalue weighted by molar-refractivity contribution is 9.10. The second-order valence-corrected chi connectivity index (χ2v) is 8.15. The van der Waals surface area contributed by atoms with Gasteiger partial charge in [0, 0.05) is 28.9 Å². The minimum absolute atomic E-state index is 0.0316. The minimum Gasteiger partial charge on any atom is -0.349 e. The number of aromatic amines is 1. The van der Waals surface area contributed by atoms with Crippen molar-refractivity contribution in [1.82, 2.24) is 20.2 Å². The summed E-state index contributed by atoms with van der Waals surface area (Å²) < 4.78 is 13.6. The van der Waals surface area contributed by atoms with Gasteiger partial charge in [0.2, 0.25) is 0 Å². The summed E-state index contributed by atoms with van der Waals surface area (Å²) in [5.41, 5.74) is 1.25. The number of likely N-dealkylation sites (N-methyl/N-ethyl adjacent to an activating group) is 1. The second kappa shape index (κ2) is 10.8. The fraction of sp³-hybridized carbons (Fsp3) is 0.182. The number of hydrogen-bond donors (Lipinski definition) is 4. The number of benzene rings is 2. The van der Waals surface area contributed by atoms with E-state index in [1.165, 1.54) is 24.5 Å². The summed E-state index contributed by atoms with van der Waals surface area (Å²) in [6.45, 7) is 1.08. The van der Waals surface area contributed by atoms with E-state index >= 15 is 0 Å². The number of amides is 3. The van der Waals surface area contributed by atoms with Gasteiger partial charge in [-0.15, -0.1) is 0 Å². The molecule has 0 saturated heterocycles. The number of rotatable bonds is 8. The quantitative estimate of drug-likeness (QED) is 0.366. The van der Waals surface area contributed by atoms with Crippen molar-refractivity contribution in [1.29, 1.82) is 0 Å². The SMILES string of the molecule is CN(C)CCNC(=O)c1[nH]cnc1C(=O)Nc1ccc(NC(=O)c2ccc(F)cc2Br)cc1. The van der Waals surface area contributed by atoms with Crippen LogP contribution in [0.4, 0.5) is 15.8 Å². The van der Waals surface area contributed by atoms with Gasteiger partial charge in [0.1, 0.15) is 11.5 Å². The Labute approximate surface area is 197 Å². The van der Waals surface area contributed by atoms with E-state index in [-0.39, 0.29) is 17.0 Å². The fourth-order valence-corrected chi connectivity index (χ4v) is 3.35. The van der Waals surface area contributed by atoms with Crippen molar-refractivity contribution in [2.75, 3.05) is 37.8 Å². The van der Waals surface area contributed by atoms with Crippen molar-refractivity contribution in [2.45, 2.75) is 0 Å². The molecule has 0 aliphatic heterocycles. The summed E-state index contributed by atoms with van der Waals surface area (Å²) in [6, 6.07) is 10.2. The van der Waals surface area contributed by atoms with Gasteiger partial charge in [-0.1, -0.05) is 0 Å². The molecule has 0 saturated carbocycles. The molecule has 0 atom stereocenters. The molecule has 11 heteroatoms. The molecule has 0 bridgehead atoms. The van der Waals surface area contributed by atoms with Crippen molar-refractivity contribution in [2.24, 2.45) is 0 Å². The van der Waals surface area contributed by atoms with Crippen LogP contribution in [0, 0.1) is 5.82 Å². The monoisotopic (exact) mass is 516 g/mol. The van der Waals surface area contributed by atoms with Crippen molar-refractivity contribution < 1.29 is 18.8 Å². The highest BCUT2D eigenvalue weighted by Gasteiger charge is 2.20. The maximum absolute atomic E-state index is 13.2. The lowest BCUT2D eigenvalue weighted by molar-refractivity contribution is 0.0933. The molecular weight excluding hydrogens is 495 g/mol. The van der Waals surface area contributed by atoms with Crippen molar-refractivity contribution in [3.8, 4) is 0 Å². The highest BCUT2D eigenvalue weighted by Crippen LogP contribution is 2.21. The third-order valence-corrected chi connectivity index (χ3v) is 5.16. The summed E-state index contributed by atoms with van der Waals surface area (Å²) >= 11 is 3.17. The molecular formula is C22H22BrFN6O3. The van der Waals surface area contributed by atoms with Crippen LogP contribution in [0.1, 0.15) is 31.3 Å². The van der Waals surface area contributed by atoms with Crippen molar-refractivity contribution in [3.05, 3.63) is 76.0 Å². The molecule has 0 aliphatic carbocycles.